The Morgan fingerprint density at radius 1 is 0.667 bits per heavy atom. The first-order chi connectivity index (χ1) is 10.4. The molecule has 21 heavy (non-hydrogen) atoms. The lowest BCUT2D eigenvalue weighted by Gasteiger charge is -2.49. The first-order valence-corrected chi connectivity index (χ1v) is 11.2. The Hall–Kier alpha value is 0.310. The van der Waals surface area contributed by atoms with Crippen LogP contribution >= 0.6 is 7.71 Å². The van der Waals surface area contributed by atoms with Crippen molar-refractivity contribution in [2.75, 3.05) is 33.2 Å². The van der Waals surface area contributed by atoms with E-state index in [2.05, 4.69) is 21.5 Å². The molecule has 0 amide bonds. The molecule has 3 rings (SSSR count). The van der Waals surface area contributed by atoms with Crippen LogP contribution in [0, 0.1) is 0 Å². The third-order valence-electron chi connectivity index (χ3n) is 5.94. The summed E-state index contributed by atoms with van der Waals surface area (Å²) in [5.74, 6) is 0. The summed E-state index contributed by atoms with van der Waals surface area (Å²) in [6.07, 6.45) is 15.9. The maximum atomic E-state index is 3.99. The van der Waals surface area contributed by atoms with E-state index in [0.29, 0.717) is 0 Å². The SMILES string of the molecule is CN[P+](C1CCCCC1)(N1CCCCC1)N1CCCCC1. The summed E-state index contributed by atoms with van der Waals surface area (Å²) in [6, 6.07) is 0. The summed E-state index contributed by atoms with van der Waals surface area (Å²) in [5, 5.41) is 3.99. The van der Waals surface area contributed by atoms with Gasteiger partial charge in [-0.15, -0.1) is 9.34 Å². The van der Waals surface area contributed by atoms with Crippen molar-refractivity contribution in [1.29, 1.82) is 0 Å². The summed E-state index contributed by atoms with van der Waals surface area (Å²) in [6.45, 7) is 5.40. The number of hydrogen-bond donors (Lipinski definition) is 1. The highest BCUT2D eigenvalue weighted by atomic mass is 31.2. The molecule has 1 saturated carbocycles. The number of hydrogen-bond acceptors (Lipinski definition) is 3. The van der Waals surface area contributed by atoms with Crippen LogP contribution in [0.3, 0.4) is 0 Å². The molecular weight excluding hydrogens is 277 g/mol. The zero-order valence-electron chi connectivity index (χ0n) is 14.0. The van der Waals surface area contributed by atoms with Gasteiger partial charge in [0.05, 0.1) is 0 Å². The molecule has 0 bridgehead atoms. The van der Waals surface area contributed by atoms with E-state index in [0.717, 1.165) is 5.66 Å². The molecule has 1 N–H and O–H groups in total. The molecule has 0 unspecified atom stereocenters. The van der Waals surface area contributed by atoms with Crippen molar-refractivity contribution in [3.63, 3.8) is 0 Å². The van der Waals surface area contributed by atoms with E-state index in [-0.39, 0.29) is 0 Å². The molecule has 0 aromatic carbocycles. The average molecular weight is 312 g/mol. The molecule has 4 heteroatoms. The highest BCUT2D eigenvalue weighted by Gasteiger charge is 2.56. The molecule has 2 aliphatic heterocycles. The quantitative estimate of drug-likeness (QED) is 0.782. The van der Waals surface area contributed by atoms with E-state index < -0.39 is 7.71 Å². The van der Waals surface area contributed by atoms with Crippen molar-refractivity contribution in [1.82, 2.24) is 14.4 Å². The van der Waals surface area contributed by atoms with Crippen LogP contribution in [-0.4, -0.2) is 48.2 Å². The van der Waals surface area contributed by atoms with E-state index >= 15 is 0 Å². The van der Waals surface area contributed by atoms with Gasteiger partial charge in [0.1, 0.15) is 5.66 Å². The second kappa shape index (κ2) is 7.73. The van der Waals surface area contributed by atoms with Crippen molar-refractivity contribution < 1.29 is 0 Å². The standard InChI is InChI=1S/C17H35N3P/c1-18-21(17-11-5-2-6-12-17,19-13-7-3-8-14-19)20-15-9-4-10-16-20/h17-18H,2-16H2,1H3/q+1. The van der Waals surface area contributed by atoms with Crippen LogP contribution in [0.15, 0.2) is 0 Å². The first-order valence-electron chi connectivity index (χ1n) is 9.46. The van der Waals surface area contributed by atoms with Crippen LogP contribution in [0.5, 0.6) is 0 Å². The third-order valence-corrected chi connectivity index (χ3v) is 10.7. The average Bonchev–Trinajstić information content (AvgIpc) is 2.59. The van der Waals surface area contributed by atoms with Crippen LogP contribution in [-0.2, 0) is 0 Å². The zero-order chi connectivity index (χ0) is 14.5. The summed E-state index contributed by atoms with van der Waals surface area (Å²) in [4.78, 5) is 0. The molecule has 0 radical (unpaired) electrons. The molecule has 2 heterocycles. The van der Waals surface area contributed by atoms with Crippen LogP contribution < -0.4 is 5.09 Å². The summed E-state index contributed by atoms with van der Waals surface area (Å²) >= 11 is 0. The van der Waals surface area contributed by atoms with Crippen molar-refractivity contribution in [2.24, 2.45) is 0 Å². The van der Waals surface area contributed by atoms with Gasteiger partial charge in [0.2, 0.25) is 7.71 Å². The molecule has 2 saturated heterocycles. The minimum atomic E-state index is -1.29. The maximum absolute atomic E-state index is 3.99. The molecule has 0 atom stereocenters. The largest absolute Gasteiger partial charge is 0.227 e. The Balaban J connectivity index is 1.85. The molecule has 3 fully saturated rings. The van der Waals surface area contributed by atoms with Gasteiger partial charge in [-0.2, -0.15) is 5.09 Å². The normalized spacial score (nSPS) is 27.9. The van der Waals surface area contributed by atoms with Crippen LogP contribution in [0.4, 0.5) is 0 Å². The van der Waals surface area contributed by atoms with Gasteiger partial charge in [-0.1, -0.05) is 19.3 Å². The van der Waals surface area contributed by atoms with E-state index in [1.54, 1.807) is 0 Å². The lowest BCUT2D eigenvalue weighted by molar-refractivity contribution is 0.281. The summed E-state index contributed by atoms with van der Waals surface area (Å²) in [7, 11) is 0.997. The first kappa shape index (κ1) is 16.2. The van der Waals surface area contributed by atoms with Crippen LogP contribution in [0.2, 0.25) is 0 Å². The second-order valence-electron chi connectivity index (χ2n) is 7.19. The predicted molar refractivity (Wildman–Crippen MR) is 93.7 cm³/mol. The minimum Gasteiger partial charge on any atom is -0.164 e. The fraction of sp³-hybridized carbons (Fsp3) is 1.00. The van der Waals surface area contributed by atoms with Crippen molar-refractivity contribution in [3.05, 3.63) is 0 Å². The smallest absolute Gasteiger partial charge is 0.164 e. The Morgan fingerprint density at radius 3 is 1.52 bits per heavy atom. The Bertz CT molecular complexity index is 260. The minimum absolute atomic E-state index is 0.937. The van der Waals surface area contributed by atoms with Gasteiger partial charge in [0.25, 0.3) is 0 Å². The molecule has 0 spiro atoms. The van der Waals surface area contributed by atoms with Crippen LogP contribution in [0.1, 0.15) is 70.6 Å². The Labute approximate surface area is 132 Å². The maximum Gasteiger partial charge on any atom is 0.227 e. The molecule has 0 aromatic heterocycles. The van der Waals surface area contributed by atoms with E-state index in [9.17, 15) is 0 Å². The van der Waals surface area contributed by atoms with Gasteiger partial charge in [-0.3, -0.25) is 0 Å². The van der Waals surface area contributed by atoms with Gasteiger partial charge in [0.15, 0.2) is 0 Å². The number of rotatable bonds is 4. The van der Waals surface area contributed by atoms with Gasteiger partial charge >= 0.3 is 0 Å². The monoisotopic (exact) mass is 312 g/mol. The van der Waals surface area contributed by atoms with Crippen molar-refractivity contribution in [3.8, 4) is 0 Å². The van der Waals surface area contributed by atoms with E-state index in [4.69, 9.17) is 0 Å². The highest BCUT2D eigenvalue weighted by molar-refractivity contribution is 7.70. The lowest BCUT2D eigenvalue weighted by Crippen LogP contribution is -2.50. The van der Waals surface area contributed by atoms with Gasteiger partial charge in [-0.25, -0.2) is 0 Å². The molecule has 3 nitrogen and oxygen atoms in total. The topological polar surface area (TPSA) is 18.5 Å². The lowest BCUT2D eigenvalue weighted by atomic mass is 10.0. The molecule has 0 aromatic rings. The fourth-order valence-electron chi connectivity index (χ4n) is 4.91. The second-order valence-corrected chi connectivity index (χ2v) is 10.8. The van der Waals surface area contributed by atoms with E-state index in [1.807, 2.05) is 0 Å². The van der Waals surface area contributed by atoms with Crippen LogP contribution in [0.25, 0.3) is 0 Å². The highest BCUT2D eigenvalue weighted by Crippen LogP contribution is 2.68. The predicted octanol–water partition coefficient (Wildman–Crippen LogP) is 4.27. The molecule has 122 valence electrons. The Morgan fingerprint density at radius 2 is 1.10 bits per heavy atom. The number of piperidine rings is 2. The fourth-order valence-corrected chi connectivity index (χ4v) is 9.99. The molecule has 1 aliphatic carbocycles. The van der Waals surface area contributed by atoms with Crippen molar-refractivity contribution >= 4 is 7.71 Å². The third kappa shape index (κ3) is 3.32. The van der Waals surface area contributed by atoms with Gasteiger partial charge in [-0.05, 0) is 51.4 Å². The Kier molecular flexibility index (Phi) is 5.95. The molecular formula is C17H35N3P+. The number of nitrogens with zero attached hydrogens (tertiary/aromatic N) is 2. The summed E-state index contributed by atoms with van der Waals surface area (Å²) < 4.78 is 5.88. The van der Waals surface area contributed by atoms with Crippen molar-refractivity contribution in [2.45, 2.75) is 76.3 Å². The van der Waals surface area contributed by atoms with E-state index in [1.165, 1.54) is 96.8 Å². The number of nitrogens with one attached hydrogen (secondary N) is 1. The molecule has 3 aliphatic rings. The zero-order valence-corrected chi connectivity index (χ0v) is 14.9. The van der Waals surface area contributed by atoms with Gasteiger partial charge < -0.3 is 0 Å². The summed E-state index contributed by atoms with van der Waals surface area (Å²) in [5.41, 5.74) is 0.937. The van der Waals surface area contributed by atoms with Gasteiger partial charge in [0, 0.05) is 33.2 Å².